The van der Waals surface area contributed by atoms with Gasteiger partial charge in [0.15, 0.2) is 0 Å². The van der Waals surface area contributed by atoms with Crippen LogP contribution in [-0.4, -0.2) is 12.6 Å². The van der Waals surface area contributed by atoms with E-state index >= 15 is 0 Å². The summed E-state index contributed by atoms with van der Waals surface area (Å²) in [5, 5.41) is 3.57. The lowest BCUT2D eigenvalue weighted by molar-refractivity contribution is 0.248. The average molecular weight is 263 g/mol. The van der Waals surface area contributed by atoms with Crippen molar-refractivity contribution in [2.75, 3.05) is 6.54 Å². The molecule has 0 aliphatic heterocycles. The normalized spacial score (nSPS) is 18.6. The summed E-state index contributed by atoms with van der Waals surface area (Å²) in [6, 6.07) is 5.67. The molecule has 1 saturated carbocycles. The second-order valence-corrected chi connectivity index (χ2v) is 6.71. The van der Waals surface area contributed by atoms with E-state index in [0.29, 0.717) is 6.04 Å². The number of aryl methyl sites for hydroxylation is 1. The Kier molecular flexibility index (Phi) is 4.29. The number of hydrogen-bond acceptors (Lipinski definition) is 1. The molecule has 0 aromatic heterocycles. The Morgan fingerprint density at radius 1 is 1.37 bits per heavy atom. The zero-order chi connectivity index (χ0) is 14.0. The van der Waals surface area contributed by atoms with Crippen molar-refractivity contribution in [1.82, 2.24) is 5.32 Å². The molecule has 1 atom stereocenters. The van der Waals surface area contributed by atoms with Crippen LogP contribution in [-0.2, 0) is 6.42 Å². The Bertz CT molecular complexity index is 437. The van der Waals surface area contributed by atoms with Crippen LogP contribution < -0.4 is 5.32 Å². The van der Waals surface area contributed by atoms with E-state index in [-0.39, 0.29) is 11.2 Å². The van der Waals surface area contributed by atoms with Gasteiger partial charge in [0, 0.05) is 12.6 Å². The predicted molar refractivity (Wildman–Crippen MR) is 78.8 cm³/mol. The first-order valence-electron chi connectivity index (χ1n) is 7.39. The summed E-state index contributed by atoms with van der Waals surface area (Å²) in [6.07, 6.45) is 3.62. The van der Waals surface area contributed by atoms with Gasteiger partial charge in [-0.25, -0.2) is 4.39 Å². The first-order chi connectivity index (χ1) is 8.90. The Labute approximate surface area is 116 Å². The van der Waals surface area contributed by atoms with Crippen LogP contribution in [0, 0.1) is 24.1 Å². The highest BCUT2D eigenvalue weighted by molar-refractivity contribution is 5.28. The van der Waals surface area contributed by atoms with E-state index in [1.807, 2.05) is 6.07 Å². The molecule has 1 aromatic carbocycles. The van der Waals surface area contributed by atoms with Crippen LogP contribution in [0.3, 0.4) is 0 Å². The van der Waals surface area contributed by atoms with Crippen LogP contribution in [0.5, 0.6) is 0 Å². The Hall–Kier alpha value is -0.890. The molecule has 2 heteroatoms. The molecule has 19 heavy (non-hydrogen) atoms. The average Bonchev–Trinajstić information content (AvgIpc) is 3.16. The maximum absolute atomic E-state index is 13.4. The van der Waals surface area contributed by atoms with E-state index in [0.717, 1.165) is 18.9 Å². The van der Waals surface area contributed by atoms with Gasteiger partial charge in [0.25, 0.3) is 0 Å². The fourth-order valence-corrected chi connectivity index (χ4v) is 2.83. The molecular weight excluding hydrogens is 237 g/mol. The maximum Gasteiger partial charge on any atom is 0.123 e. The van der Waals surface area contributed by atoms with Crippen LogP contribution in [0.1, 0.15) is 44.7 Å². The minimum atomic E-state index is -0.115. The molecule has 1 aliphatic carbocycles. The van der Waals surface area contributed by atoms with Gasteiger partial charge in [0.2, 0.25) is 0 Å². The first-order valence-corrected chi connectivity index (χ1v) is 7.39. The van der Waals surface area contributed by atoms with E-state index in [1.165, 1.54) is 24.0 Å². The third kappa shape index (κ3) is 3.79. The quantitative estimate of drug-likeness (QED) is 0.815. The van der Waals surface area contributed by atoms with Crippen molar-refractivity contribution in [3.8, 4) is 0 Å². The molecule has 1 fully saturated rings. The zero-order valence-electron chi connectivity index (χ0n) is 12.6. The number of hydrogen-bond donors (Lipinski definition) is 1. The van der Waals surface area contributed by atoms with Crippen LogP contribution in [0.25, 0.3) is 0 Å². The number of rotatable bonds is 6. The van der Waals surface area contributed by atoms with Gasteiger partial charge >= 0.3 is 0 Å². The summed E-state index contributed by atoms with van der Waals surface area (Å²) >= 11 is 0. The van der Waals surface area contributed by atoms with Crippen LogP contribution in [0.15, 0.2) is 18.2 Å². The smallest absolute Gasteiger partial charge is 0.123 e. The van der Waals surface area contributed by atoms with Crippen molar-refractivity contribution in [2.45, 2.75) is 53.0 Å². The highest BCUT2D eigenvalue weighted by Crippen LogP contribution is 2.47. The summed E-state index contributed by atoms with van der Waals surface area (Å²) in [4.78, 5) is 0. The van der Waals surface area contributed by atoms with Gasteiger partial charge in [-0.2, -0.15) is 0 Å². The molecule has 0 amide bonds. The fourth-order valence-electron chi connectivity index (χ4n) is 2.83. The SMILES string of the molecule is Cc1ccc(F)cc1CC(C)(CNC(C)C)C1CC1. The molecule has 1 N–H and O–H groups in total. The Morgan fingerprint density at radius 3 is 2.63 bits per heavy atom. The van der Waals surface area contributed by atoms with Crippen molar-refractivity contribution in [2.24, 2.45) is 11.3 Å². The Morgan fingerprint density at radius 2 is 2.05 bits per heavy atom. The van der Waals surface area contributed by atoms with Crippen LogP contribution in [0.2, 0.25) is 0 Å². The molecule has 1 aliphatic rings. The first kappa shape index (κ1) is 14.5. The van der Waals surface area contributed by atoms with Gasteiger partial charge in [-0.3, -0.25) is 0 Å². The Balaban J connectivity index is 2.13. The molecule has 106 valence electrons. The molecule has 1 unspecified atom stereocenters. The monoisotopic (exact) mass is 263 g/mol. The minimum Gasteiger partial charge on any atom is -0.314 e. The summed E-state index contributed by atoms with van der Waals surface area (Å²) in [7, 11) is 0. The second kappa shape index (κ2) is 5.62. The topological polar surface area (TPSA) is 12.0 Å². The van der Waals surface area contributed by atoms with E-state index in [2.05, 4.69) is 33.0 Å². The maximum atomic E-state index is 13.4. The molecule has 2 rings (SSSR count). The van der Waals surface area contributed by atoms with E-state index < -0.39 is 0 Å². The number of nitrogens with one attached hydrogen (secondary N) is 1. The lowest BCUT2D eigenvalue weighted by atomic mass is 9.78. The molecule has 0 spiro atoms. The third-order valence-corrected chi connectivity index (χ3v) is 4.38. The van der Waals surface area contributed by atoms with Crippen molar-refractivity contribution in [3.05, 3.63) is 35.1 Å². The summed E-state index contributed by atoms with van der Waals surface area (Å²) < 4.78 is 13.4. The molecule has 1 aromatic rings. The van der Waals surface area contributed by atoms with Gasteiger partial charge in [-0.1, -0.05) is 26.8 Å². The van der Waals surface area contributed by atoms with Crippen LogP contribution in [0.4, 0.5) is 4.39 Å². The van der Waals surface area contributed by atoms with E-state index in [9.17, 15) is 4.39 Å². The molecular formula is C17H26FN. The van der Waals surface area contributed by atoms with E-state index in [4.69, 9.17) is 0 Å². The van der Waals surface area contributed by atoms with Crippen molar-refractivity contribution < 1.29 is 4.39 Å². The van der Waals surface area contributed by atoms with Crippen molar-refractivity contribution in [1.29, 1.82) is 0 Å². The number of benzene rings is 1. The van der Waals surface area contributed by atoms with Gasteiger partial charge in [-0.05, 0) is 60.8 Å². The lowest BCUT2D eigenvalue weighted by Crippen LogP contribution is -2.38. The fraction of sp³-hybridized carbons (Fsp3) is 0.647. The minimum absolute atomic E-state index is 0.115. The molecule has 0 bridgehead atoms. The largest absolute Gasteiger partial charge is 0.314 e. The van der Waals surface area contributed by atoms with Gasteiger partial charge in [0.05, 0.1) is 0 Å². The van der Waals surface area contributed by atoms with Crippen molar-refractivity contribution in [3.63, 3.8) is 0 Å². The molecule has 1 nitrogen and oxygen atoms in total. The van der Waals surface area contributed by atoms with E-state index in [1.54, 1.807) is 12.1 Å². The van der Waals surface area contributed by atoms with Gasteiger partial charge in [-0.15, -0.1) is 0 Å². The predicted octanol–water partition coefficient (Wildman–Crippen LogP) is 4.09. The highest BCUT2D eigenvalue weighted by atomic mass is 19.1. The molecule has 0 heterocycles. The summed E-state index contributed by atoms with van der Waals surface area (Å²) in [5.74, 6) is 0.678. The van der Waals surface area contributed by atoms with Crippen LogP contribution >= 0.6 is 0 Å². The second-order valence-electron chi connectivity index (χ2n) is 6.71. The standard InChI is InChI=1S/C17H26FN/c1-12(2)19-11-17(4,15-6-7-15)10-14-9-16(18)8-5-13(14)3/h5,8-9,12,15,19H,6-7,10-11H2,1-4H3. The molecule has 0 saturated heterocycles. The summed E-state index contributed by atoms with van der Waals surface area (Å²) in [5.41, 5.74) is 2.63. The highest BCUT2D eigenvalue weighted by Gasteiger charge is 2.41. The summed E-state index contributed by atoms with van der Waals surface area (Å²) in [6.45, 7) is 9.81. The van der Waals surface area contributed by atoms with Gasteiger partial charge in [0.1, 0.15) is 5.82 Å². The van der Waals surface area contributed by atoms with Crippen molar-refractivity contribution >= 4 is 0 Å². The van der Waals surface area contributed by atoms with Gasteiger partial charge < -0.3 is 5.32 Å². The lowest BCUT2D eigenvalue weighted by Gasteiger charge is -2.32. The molecule has 0 radical (unpaired) electrons. The third-order valence-electron chi connectivity index (χ3n) is 4.38. The zero-order valence-corrected chi connectivity index (χ0v) is 12.6. The number of halogens is 1.